The molecular formula is C27H57IN2. The fraction of sp³-hybridized carbons (Fsp3) is 1.00. The minimum atomic E-state index is 0. The fourth-order valence-corrected chi connectivity index (χ4v) is 5.25. The van der Waals surface area contributed by atoms with Crippen LogP contribution in [0.5, 0.6) is 0 Å². The molecule has 1 aliphatic heterocycles. The molecule has 1 saturated heterocycles. The molecule has 1 rings (SSSR count). The smallest absolute Gasteiger partial charge is 0.0798 e. The van der Waals surface area contributed by atoms with Crippen molar-refractivity contribution in [3.05, 3.63) is 0 Å². The van der Waals surface area contributed by atoms with Gasteiger partial charge < -0.3 is 33.4 Å². The third kappa shape index (κ3) is 15.5. The van der Waals surface area contributed by atoms with Crippen LogP contribution in [-0.4, -0.2) is 55.2 Å². The van der Waals surface area contributed by atoms with Gasteiger partial charge in [-0.15, -0.1) is 0 Å². The molecule has 182 valence electrons. The first-order valence-corrected chi connectivity index (χ1v) is 13.8. The Kier molecular flexibility index (Phi) is 22.0. The van der Waals surface area contributed by atoms with E-state index in [9.17, 15) is 0 Å². The van der Waals surface area contributed by atoms with Crippen molar-refractivity contribution in [3.63, 3.8) is 0 Å². The Morgan fingerprint density at radius 2 is 0.933 bits per heavy atom. The highest BCUT2D eigenvalue weighted by Gasteiger charge is 2.23. The van der Waals surface area contributed by atoms with Gasteiger partial charge in [0.25, 0.3) is 0 Å². The summed E-state index contributed by atoms with van der Waals surface area (Å²) in [6, 6.07) is 0. The van der Waals surface area contributed by atoms with Crippen molar-refractivity contribution >= 4 is 0 Å². The second-order valence-electron chi connectivity index (χ2n) is 9.92. The van der Waals surface area contributed by atoms with Crippen molar-refractivity contribution in [1.82, 2.24) is 4.90 Å². The van der Waals surface area contributed by atoms with E-state index >= 15 is 0 Å². The minimum absolute atomic E-state index is 0. The van der Waals surface area contributed by atoms with Gasteiger partial charge in [-0.1, -0.05) is 84.0 Å². The monoisotopic (exact) mass is 536 g/mol. The quantitative estimate of drug-likeness (QED) is 0.116. The summed E-state index contributed by atoms with van der Waals surface area (Å²) < 4.78 is 1.37. The van der Waals surface area contributed by atoms with Crippen LogP contribution in [-0.2, 0) is 0 Å². The Morgan fingerprint density at radius 3 is 1.37 bits per heavy atom. The Morgan fingerprint density at radius 1 is 0.533 bits per heavy atom. The number of hydrogen-bond donors (Lipinski definition) is 0. The van der Waals surface area contributed by atoms with Gasteiger partial charge >= 0.3 is 0 Å². The van der Waals surface area contributed by atoms with E-state index in [2.05, 4.69) is 25.7 Å². The number of rotatable bonds is 21. The molecule has 0 aromatic heterocycles. The van der Waals surface area contributed by atoms with Crippen LogP contribution >= 0.6 is 0 Å². The van der Waals surface area contributed by atoms with E-state index in [1.54, 1.807) is 0 Å². The van der Waals surface area contributed by atoms with Gasteiger partial charge in [0.1, 0.15) is 0 Å². The molecule has 0 unspecified atom stereocenters. The third-order valence-corrected chi connectivity index (χ3v) is 7.63. The third-order valence-electron chi connectivity index (χ3n) is 7.63. The Balaban J connectivity index is 0.00000841. The highest BCUT2D eigenvalue weighted by molar-refractivity contribution is 4.65. The Hall–Kier alpha value is 0.650. The van der Waals surface area contributed by atoms with E-state index in [0.29, 0.717) is 0 Å². The van der Waals surface area contributed by atoms with Crippen molar-refractivity contribution in [1.29, 1.82) is 0 Å². The number of unbranched alkanes of at least 4 members (excludes halogenated alkanes) is 13. The molecule has 0 aromatic rings. The average molecular weight is 537 g/mol. The topological polar surface area (TPSA) is 3.24 Å². The summed E-state index contributed by atoms with van der Waals surface area (Å²) in [5.41, 5.74) is 0. The summed E-state index contributed by atoms with van der Waals surface area (Å²) in [6.45, 7) is 16.7. The average Bonchev–Trinajstić information content (AvgIpc) is 3.26. The van der Waals surface area contributed by atoms with E-state index in [4.69, 9.17) is 0 Å². The van der Waals surface area contributed by atoms with Gasteiger partial charge in [-0.25, -0.2) is 0 Å². The molecule has 1 aliphatic rings. The molecule has 1 heterocycles. The van der Waals surface area contributed by atoms with E-state index in [0.717, 1.165) is 0 Å². The van der Waals surface area contributed by atoms with Crippen LogP contribution in [0.4, 0.5) is 0 Å². The number of halogens is 1. The summed E-state index contributed by atoms with van der Waals surface area (Å²) >= 11 is 0. The van der Waals surface area contributed by atoms with Gasteiger partial charge in [0, 0.05) is 13.0 Å². The lowest BCUT2D eigenvalue weighted by Gasteiger charge is -2.37. The van der Waals surface area contributed by atoms with Crippen molar-refractivity contribution in [3.8, 4) is 0 Å². The van der Waals surface area contributed by atoms with Gasteiger partial charge in [0.15, 0.2) is 0 Å². The number of hydrogen-bond acceptors (Lipinski definition) is 1. The molecule has 0 radical (unpaired) electrons. The minimum Gasteiger partial charge on any atom is -1.00 e. The number of likely N-dealkylation sites (tertiary alicyclic amines) is 1. The van der Waals surface area contributed by atoms with Crippen LogP contribution in [0.2, 0.25) is 0 Å². The molecule has 2 nitrogen and oxygen atoms in total. The summed E-state index contributed by atoms with van der Waals surface area (Å²) in [7, 11) is 0. The molecule has 0 bridgehead atoms. The molecule has 0 saturated carbocycles. The highest BCUT2D eigenvalue weighted by Crippen LogP contribution is 2.16. The number of nitrogens with zero attached hydrogens (tertiary/aromatic N) is 2. The lowest BCUT2D eigenvalue weighted by molar-refractivity contribution is -0.925. The lowest BCUT2D eigenvalue weighted by Crippen LogP contribution is -3.00. The summed E-state index contributed by atoms with van der Waals surface area (Å²) in [5, 5.41) is 0. The zero-order valence-corrected chi connectivity index (χ0v) is 23.4. The predicted molar refractivity (Wildman–Crippen MR) is 132 cm³/mol. The van der Waals surface area contributed by atoms with Crippen LogP contribution in [0.3, 0.4) is 0 Å². The summed E-state index contributed by atoms with van der Waals surface area (Å²) in [5.74, 6) is 0. The van der Waals surface area contributed by atoms with Crippen molar-refractivity contribution in [2.75, 3.05) is 45.8 Å². The summed E-state index contributed by atoms with van der Waals surface area (Å²) in [4.78, 5) is 2.69. The predicted octanol–water partition coefficient (Wildman–Crippen LogP) is 4.81. The molecule has 0 N–H and O–H groups in total. The van der Waals surface area contributed by atoms with Crippen molar-refractivity contribution < 1.29 is 28.5 Å². The van der Waals surface area contributed by atoms with E-state index in [1.807, 2.05) is 0 Å². The molecule has 30 heavy (non-hydrogen) atoms. The maximum absolute atomic E-state index is 2.69. The SMILES string of the molecule is CCCCCCCCCCCCCCCC[N+](CC)(CC)CCCN1CCCC1.[I-]. The van der Waals surface area contributed by atoms with Gasteiger partial charge in [0.05, 0.1) is 26.2 Å². The second kappa shape index (κ2) is 21.5. The maximum Gasteiger partial charge on any atom is 0.0798 e. The standard InChI is InChI=1S/C27H57N2.HI/c1-4-7-8-9-10-11-12-13-14-15-16-17-18-21-26-29(5-2,6-3)27-22-25-28-23-19-20-24-28;/h4-27H2,1-3H3;1H/q+1;/p-1. The largest absolute Gasteiger partial charge is 1.00 e. The van der Waals surface area contributed by atoms with Crippen LogP contribution in [0.25, 0.3) is 0 Å². The lowest BCUT2D eigenvalue weighted by atomic mass is 10.0. The molecule has 0 atom stereocenters. The Labute approximate surface area is 208 Å². The molecular weight excluding hydrogens is 479 g/mol. The van der Waals surface area contributed by atoms with Crippen LogP contribution in [0, 0.1) is 0 Å². The highest BCUT2D eigenvalue weighted by atomic mass is 127. The molecule has 0 aliphatic carbocycles. The molecule has 0 spiro atoms. The first kappa shape index (κ1) is 30.6. The first-order valence-electron chi connectivity index (χ1n) is 13.8. The van der Waals surface area contributed by atoms with Crippen LogP contribution in [0.1, 0.15) is 130 Å². The van der Waals surface area contributed by atoms with Crippen LogP contribution in [0.15, 0.2) is 0 Å². The maximum atomic E-state index is 2.69. The van der Waals surface area contributed by atoms with E-state index < -0.39 is 0 Å². The van der Waals surface area contributed by atoms with Crippen molar-refractivity contribution in [2.24, 2.45) is 0 Å². The number of quaternary nitrogens is 1. The van der Waals surface area contributed by atoms with E-state index in [-0.39, 0.29) is 24.0 Å². The summed E-state index contributed by atoms with van der Waals surface area (Å²) in [6.07, 6.45) is 24.8. The van der Waals surface area contributed by atoms with Gasteiger partial charge in [-0.05, 0) is 52.6 Å². The molecule has 0 aromatic carbocycles. The zero-order chi connectivity index (χ0) is 21.0. The zero-order valence-electron chi connectivity index (χ0n) is 21.2. The molecule has 0 amide bonds. The van der Waals surface area contributed by atoms with Crippen molar-refractivity contribution in [2.45, 2.75) is 130 Å². The second-order valence-corrected chi connectivity index (χ2v) is 9.92. The normalized spacial score (nSPS) is 14.9. The Bertz CT molecular complexity index is 338. The van der Waals surface area contributed by atoms with Crippen LogP contribution < -0.4 is 24.0 Å². The van der Waals surface area contributed by atoms with Gasteiger partial charge in [0.2, 0.25) is 0 Å². The van der Waals surface area contributed by atoms with E-state index in [1.165, 1.54) is 159 Å². The fourth-order valence-electron chi connectivity index (χ4n) is 5.25. The van der Waals surface area contributed by atoms with Gasteiger partial charge in [-0.3, -0.25) is 0 Å². The molecule has 1 fully saturated rings. The van der Waals surface area contributed by atoms with Gasteiger partial charge in [-0.2, -0.15) is 0 Å². The molecule has 3 heteroatoms. The first-order chi connectivity index (χ1) is 14.3.